The van der Waals surface area contributed by atoms with Gasteiger partial charge in [-0.1, -0.05) is 49.6 Å². The van der Waals surface area contributed by atoms with Crippen LogP contribution in [0.25, 0.3) is 0 Å². The highest BCUT2D eigenvalue weighted by atomic mass is 16.5. The molecule has 0 atom stereocenters. The van der Waals surface area contributed by atoms with Crippen molar-refractivity contribution in [2.75, 3.05) is 18.5 Å². The number of benzene rings is 2. The standard InChI is InChI=1S/C22H28N2O3/c23-22(12-5-2-6-13-22)21(25)24-19-9-7-8-18(16-19)17-26-14-15-27-20-10-3-1-4-11-20/h1,3-4,7-11,16H,2,5-6,12-15,17,23H2,(H,24,25). The van der Waals surface area contributed by atoms with Crippen LogP contribution in [0.15, 0.2) is 54.6 Å². The van der Waals surface area contributed by atoms with Crippen molar-refractivity contribution in [1.29, 1.82) is 0 Å². The van der Waals surface area contributed by atoms with Gasteiger partial charge in [0.05, 0.1) is 18.8 Å². The second-order valence-electron chi connectivity index (χ2n) is 7.09. The second-order valence-corrected chi connectivity index (χ2v) is 7.09. The first-order valence-corrected chi connectivity index (χ1v) is 9.61. The van der Waals surface area contributed by atoms with E-state index in [1.807, 2.05) is 54.6 Å². The van der Waals surface area contributed by atoms with E-state index in [2.05, 4.69) is 5.32 Å². The zero-order valence-corrected chi connectivity index (χ0v) is 15.7. The summed E-state index contributed by atoms with van der Waals surface area (Å²) in [5.41, 5.74) is 7.33. The largest absolute Gasteiger partial charge is 0.491 e. The van der Waals surface area contributed by atoms with E-state index >= 15 is 0 Å². The Hall–Kier alpha value is -2.37. The predicted molar refractivity (Wildman–Crippen MR) is 107 cm³/mol. The van der Waals surface area contributed by atoms with Crippen LogP contribution in [0.3, 0.4) is 0 Å². The molecule has 144 valence electrons. The van der Waals surface area contributed by atoms with Gasteiger partial charge in [0.2, 0.25) is 5.91 Å². The molecule has 1 saturated carbocycles. The Morgan fingerprint density at radius 1 is 1.00 bits per heavy atom. The Bertz CT molecular complexity index is 727. The summed E-state index contributed by atoms with van der Waals surface area (Å²) in [5.74, 6) is 0.751. The molecular weight excluding hydrogens is 340 g/mol. The topological polar surface area (TPSA) is 73.6 Å². The van der Waals surface area contributed by atoms with Gasteiger partial charge in [0, 0.05) is 5.69 Å². The number of amides is 1. The van der Waals surface area contributed by atoms with Gasteiger partial charge >= 0.3 is 0 Å². The molecule has 0 bridgehead atoms. The van der Waals surface area contributed by atoms with Crippen LogP contribution in [0.1, 0.15) is 37.7 Å². The summed E-state index contributed by atoms with van der Waals surface area (Å²) in [4.78, 5) is 12.6. The lowest BCUT2D eigenvalue weighted by Gasteiger charge is -2.31. The molecule has 0 spiro atoms. The fourth-order valence-corrected chi connectivity index (χ4v) is 3.33. The summed E-state index contributed by atoms with van der Waals surface area (Å²) in [5, 5.41) is 2.97. The maximum atomic E-state index is 12.6. The fourth-order valence-electron chi connectivity index (χ4n) is 3.33. The lowest BCUT2D eigenvalue weighted by atomic mass is 9.82. The first kappa shape index (κ1) is 19.4. The Labute approximate surface area is 160 Å². The highest BCUT2D eigenvalue weighted by Crippen LogP contribution is 2.27. The number of carbonyl (C=O) groups excluding carboxylic acids is 1. The van der Waals surface area contributed by atoms with Crippen molar-refractivity contribution < 1.29 is 14.3 Å². The van der Waals surface area contributed by atoms with E-state index < -0.39 is 5.54 Å². The third-order valence-corrected chi connectivity index (χ3v) is 4.89. The number of hydrogen-bond donors (Lipinski definition) is 2. The molecule has 1 fully saturated rings. The van der Waals surface area contributed by atoms with Gasteiger partial charge in [-0.25, -0.2) is 0 Å². The van der Waals surface area contributed by atoms with Crippen molar-refractivity contribution in [3.8, 4) is 5.75 Å². The molecule has 5 nitrogen and oxygen atoms in total. The summed E-state index contributed by atoms with van der Waals surface area (Å²) >= 11 is 0. The average molecular weight is 368 g/mol. The van der Waals surface area contributed by atoms with Crippen LogP contribution >= 0.6 is 0 Å². The molecule has 0 radical (unpaired) electrons. The maximum Gasteiger partial charge on any atom is 0.244 e. The lowest BCUT2D eigenvalue weighted by Crippen LogP contribution is -2.52. The maximum absolute atomic E-state index is 12.6. The van der Waals surface area contributed by atoms with Crippen molar-refractivity contribution in [3.63, 3.8) is 0 Å². The average Bonchev–Trinajstić information content (AvgIpc) is 2.69. The second kappa shape index (κ2) is 9.53. The molecule has 3 rings (SSSR count). The van der Waals surface area contributed by atoms with Crippen LogP contribution < -0.4 is 15.8 Å². The zero-order valence-electron chi connectivity index (χ0n) is 15.7. The minimum atomic E-state index is -0.737. The smallest absolute Gasteiger partial charge is 0.244 e. The van der Waals surface area contributed by atoms with Crippen LogP contribution in [-0.2, 0) is 16.1 Å². The summed E-state index contributed by atoms with van der Waals surface area (Å²) in [6.07, 6.45) is 4.70. The van der Waals surface area contributed by atoms with Crippen molar-refractivity contribution in [3.05, 3.63) is 60.2 Å². The van der Waals surface area contributed by atoms with E-state index in [9.17, 15) is 4.79 Å². The van der Waals surface area contributed by atoms with Gasteiger partial charge in [-0.3, -0.25) is 4.79 Å². The van der Waals surface area contributed by atoms with E-state index in [1.165, 1.54) is 0 Å². The van der Waals surface area contributed by atoms with Crippen LogP contribution in [0.5, 0.6) is 5.75 Å². The van der Waals surface area contributed by atoms with Gasteiger partial charge in [0.25, 0.3) is 0 Å². The van der Waals surface area contributed by atoms with Crippen LogP contribution in [-0.4, -0.2) is 24.7 Å². The molecule has 0 saturated heterocycles. The fraction of sp³-hybridized carbons (Fsp3) is 0.409. The number of para-hydroxylation sites is 1. The van der Waals surface area contributed by atoms with Gasteiger partial charge < -0.3 is 20.5 Å². The molecule has 0 heterocycles. The van der Waals surface area contributed by atoms with Gasteiger partial charge in [-0.15, -0.1) is 0 Å². The van der Waals surface area contributed by atoms with E-state index in [1.54, 1.807) is 0 Å². The Balaban J connectivity index is 1.43. The molecule has 2 aromatic rings. The lowest BCUT2D eigenvalue weighted by molar-refractivity contribution is -0.122. The normalized spacial score (nSPS) is 15.9. The zero-order chi connectivity index (χ0) is 19.0. The van der Waals surface area contributed by atoms with Crippen LogP contribution in [0.2, 0.25) is 0 Å². The Morgan fingerprint density at radius 3 is 2.56 bits per heavy atom. The van der Waals surface area contributed by atoms with E-state index in [-0.39, 0.29) is 5.91 Å². The SMILES string of the molecule is NC1(C(=O)Nc2cccc(COCCOc3ccccc3)c2)CCCCC1. The third-order valence-electron chi connectivity index (χ3n) is 4.89. The van der Waals surface area contributed by atoms with Gasteiger partial charge in [-0.2, -0.15) is 0 Å². The minimum Gasteiger partial charge on any atom is -0.491 e. The highest BCUT2D eigenvalue weighted by molar-refractivity contribution is 5.98. The van der Waals surface area contributed by atoms with Crippen molar-refractivity contribution in [2.24, 2.45) is 5.73 Å². The number of hydrogen-bond acceptors (Lipinski definition) is 4. The molecule has 5 heteroatoms. The monoisotopic (exact) mass is 368 g/mol. The number of ether oxygens (including phenoxy) is 2. The summed E-state index contributed by atoms with van der Waals surface area (Å²) in [6.45, 7) is 1.46. The third kappa shape index (κ3) is 5.81. The number of nitrogens with one attached hydrogen (secondary N) is 1. The predicted octanol–water partition coefficient (Wildman–Crippen LogP) is 3.88. The Kier molecular flexibility index (Phi) is 6.85. The summed E-state index contributed by atoms with van der Waals surface area (Å²) in [7, 11) is 0. The van der Waals surface area contributed by atoms with Crippen molar-refractivity contribution >= 4 is 11.6 Å². The molecular formula is C22H28N2O3. The molecule has 1 aliphatic rings. The van der Waals surface area contributed by atoms with E-state index in [0.717, 1.165) is 49.1 Å². The quantitative estimate of drug-likeness (QED) is 0.694. The van der Waals surface area contributed by atoms with Crippen molar-refractivity contribution in [2.45, 2.75) is 44.2 Å². The van der Waals surface area contributed by atoms with Gasteiger partial charge in [-0.05, 0) is 42.7 Å². The van der Waals surface area contributed by atoms with Gasteiger partial charge in [0.1, 0.15) is 12.4 Å². The number of carbonyl (C=O) groups is 1. The number of nitrogens with two attached hydrogens (primary N) is 1. The first-order valence-electron chi connectivity index (χ1n) is 9.61. The number of rotatable bonds is 8. The molecule has 2 aromatic carbocycles. The molecule has 0 aliphatic heterocycles. The molecule has 3 N–H and O–H groups in total. The first-order chi connectivity index (χ1) is 13.2. The summed E-state index contributed by atoms with van der Waals surface area (Å²) in [6, 6.07) is 17.4. The molecule has 0 aromatic heterocycles. The van der Waals surface area contributed by atoms with Crippen LogP contribution in [0, 0.1) is 0 Å². The summed E-state index contributed by atoms with van der Waals surface area (Å²) < 4.78 is 11.3. The molecule has 27 heavy (non-hydrogen) atoms. The minimum absolute atomic E-state index is 0.0865. The van der Waals surface area contributed by atoms with Crippen molar-refractivity contribution in [1.82, 2.24) is 0 Å². The molecule has 1 aliphatic carbocycles. The van der Waals surface area contributed by atoms with Crippen LogP contribution in [0.4, 0.5) is 5.69 Å². The van der Waals surface area contributed by atoms with Gasteiger partial charge in [0.15, 0.2) is 0 Å². The number of anilines is 1. The highest BCUT2D eigenvalue weighted by Gasteiger charge is 2.35. The molecule has 1 amide bonds. The molecule has 0 unspecified atom stereocenters. The van der Waals surface area contributed by atoms with E-state index in [0.29, 0.717) is 19.8 Å². The Morgan fingerprint density at radius 2 is 1.78 bits per heavy atom. The van der Waals surface area contributed by atoms with E-state index in [4.69, 9.17) is 15.2 Å².